The molecule has 68 valence electrons. The van der Waals surface area contributed by atoms with E-state index in [0.717, 1.165) is 17.7 Å². The zero-order valence-corrected chi connectivity index (χ0v) is 9.57. The fraction of sp³-hybridized carbons (Fsp3) is 0.750. The van der Waals surface area contributed by atoms with Gasteiger partial charge in [0.25, 0.3) is 0 Å². The van der Waals surface area contributed by atoms with Crippen LogP contribution in [0.1, 0.15) is 24.6 Å². The lowest BCUT2D eigenvalue weighted by atomic mass is 10.0. The summed E-state index contributed by atoms with van der Waals surface area (Å²) in [7, 11) is 0. The van der Waals surface area contributed by atoms with Crippen LogP contribution in [0.4, 0.5) is 0 Å². The fourth-order valence-corrected chi connectivity index (χ4v) is 2.36. The molecule has 0 aliphatic heterocycles. The quantitative estimate of drug-likeness (QED) is 0.750. The van der Waals surface area contributed by atoms with Gasteiger partial charge >= 0.3 is 0 Å². The Morgan fingerprint density at radius 1 is 1.67 bits per heavy atom. The number of halogens is 1. The summed E-state index contributed by atoms with van der Waals surface area (Å²) < 4.78 is 3.85. The van der Waals surface area contributed by atoms with E-state index in [4.69, 9.17) is 0 Å². The predicted octanol–water partition coefficient (Wildman–Crippen LogP) is 2.89. The molecule has 0 saturated heterocycles. The van der Waals surface area contributed by atoms with E-state index >= 15 is 0 Å². The lowest BCUT2D eigenvalue weighted by molar-refractivity contribution is 0.538. The number of hydrogen-bond acceptors (Lipinski definition) is 3. The van der Waals surface area contributed by atoms with Crippen molar-refractivity contribution in [3.8, 4) is 0 Å². The van der Waals surface area contributed by atoms with Crippen LogP contribution in [0.3, 0.4) is 0 Å². The molecule has 1 heterocycles. The van der Waals surface area contributed by atoms with Crippen LogP contribution in [0.5, 0.6) is 0 Å². The number of aromatic nitrogens is 2. The molecule has 1 rings (SSSR count). The van der Waals surface area contributed by atoms with Crippen LogP contribution in [0.25, 0.3) is 0 Å². The summed E-state index contributed by atoms with van der Waals surface area (Å²) in [5.41, 5.74) is 0. The smallest absolute Gasteiger partial charge is 0.0653 e. The summed E-state index contributed by atoms with van der Waals surface area (Å²) in [4.78, 5) is 1.30. The van der Waals surface area contributed by atoms with Crippen molar-refractivity contribution in [2.75, 3.05) is 5.33 Å². The molecule has 1 unspecified atom stereocenters. The molecular weight excluding hydrogens is 236 g/mol. The Morgan fingerprint density at radius 3 is 3.00 bits per heavy atom. The first-order chi connectivity index (χ1) is 5.86. The van der Waals surface area contributed by atoms with Gasteiger partial charge in [-0.1, -0.05) is 33.8 Å². The fourth-order valence-electron chi connectivity index (χ4n) is 1.20. The molecule has 0 aromatic carbocycles. The molecule has 0 saturated carbocycles. The summed E-state index contributed by atoms with van der Waals surface area (Å²) in [6.45, 7) is 2.22. The number of alkyl halides is 1. The molecule has 0 spiro atoms. The SMILES string of the molecule is CCCC(CBr)Cc1cnns1. The molecule has 1 atom stereocenters. The van der Waals surface area contributed by atoms with Crippen molar-refractivity contribution in [1.82, 2.24) is 9.59 Å². The van der Waals surface area contributed by atoms with Crippen molar-refractivity contribution in [2.24, 2.45) is 5.92 Å². The average Bonchev–Trinajstić information content (AvgIpc) is 2.56. The lowest BCUT2D eigenvalue weighted by Gasteiger charge is -2.09. The summed E-state index contributed by atoms with van der Waals surface area (Å²) >= 11 is 5.04. The van der Waals surface area contributed by atoms with Crippen LogP contribution >= 0.6 is 27.5 Å². The molecule has 4 heteroatoms. The van der Waals surface area contributed by atoms with Gasteiger partial charge in [-0.25, -0.2) is 0 Å². The van der Waals surface area contributed by atoms with E-state index in [1.165, 1.54) is 29.3 Å². The van der Waals surface area contributed by atoms with Crippen molar-refractivity contribution in [1.29, 1.82) is 0 Å². The molecule has 0 aliphatic carbocycles. The van der Waals surface area contributed by atoms with Gasteiger partial charge in [0, 0.05) is 10.2 Å². The zero-order valence-electron chi connectivity index (χ0n) is 7.16. The summed E-state index contributed by atoms with van der Waals surface area (Å²) in [6.07, 6.45) is 5.53. The van der Waals surface area contributed by atoms with Crippen LogP contribution < -0.4 is 0 Å². The van der Waals surface area contributed by atoms with Gasteiger partial charge < -0.3 is 0 Å². The second kappa shape index (κ2) is 5.65. The Balaban J connectivity index is 2.37. The maximum absolute atomic E-state index is 3.85. The molecule has 12 heavy (non-hydrogen) atoms. The van der Waals surface area contributed by atoms with E-state index in [2.05, 4.69) is 32.4 Å². The average molecular weight is 249 g/mol. The number of nitrogens with zero attached hydrogens (tertiary/aromatic N) is 2. The Bertz CT molecular complexity index is 201. The topological polar surface area (TPSA) is 25.8 Å². The first-order valence-corrected chi connectivity index (χ1v) is 6.08. The van der Waals surface area contributed by atoms with Gasteiger partial charge in [0.15, 0.2) is 0 Å². The van der Waals surface area contributed by atoms with Crippen molar-refractivity contribution >= 4 is 27.5 Å². The van der Waals surface area contributed by atoms with Gasteiger partial charge in [0.1, 0.15) is 0 Å². The highest BCUT2D eigenvalue weighted by Crippen LogP contribution is 2.17. The molecular formula is C8H13BrN2S. The van der Waals surface area contributed by atoms with E-state index in [-0.39, 0.29) is 0 Å². The third-order valence-electron chi connectivity index (χ3n) is 1.81. The van der Waals surface area contributed by atoms with Gasteiger partial charge in [0.2, 0.25) is 0 Å². The van der Waals surface area contributed by atoms with Crippen molar-refractivity contribution in [3.63, 3.8) is 0 Å². The Kier molecular flexibility index (Phi) is 4.76. The van der Waals surface area contributed by atoms with Gasteiger partial charge in [-0.3, -0.25) is 0 Å². The molecule has 0 amide bonds. The molecule has 0 N–H and O–H groups in total. The molecule has 2 nitrogen and oxygen atoms in total. The summed E-state index contributed by atoms with van der Waals surface area (Å²) in [6, 6.07) is 0. The minimum absolute atomic E-state index is 0.747. The number of hydrogen-bond donors (Lipinski definition) is 0. The van der Waals surface area contributed by atoms with E-state index in [1.54, 1.807) is 0 Å². The van der Waals surface area contributed by atoms with Crippen molar-refractivity contribution < 1.29 is 0 Å². The van der Waals surface area contributed by atoms with Crippen LogP contribution in [0.2, 0.25) is 0 Å². The van der Waals surface area contributed by atoms with E-state index in [0.29, 0.717) is 0 Å². The minimum atomic E-state index is 0.747. The standard InChI is InChI=1S/C8H13BrN2S/c1-2-3-7(5-9)4-8-6-10-11-12-8/h6-7H,2-5H2,1H3. The van der Waals surface area contributed by atoms with Gasteiger partial charge in [-0.05, 0) is 30.3 Å². The van der Waals surface area contributed by atoms with E-state index in [9.17, 15) is 0 Å². The van der Waals surface area contributed by atoms with Crippen LogP contribution in [0, 0.1) is 5.92 Å². The molecule has 0 fully saturated rings. The first kappa shape index (κ1) is 10.1. The highest BCUT2D eigenvalue weighted by atomic mass is 79.9. The third-order valence-corrected chi connectivity index (χ3v) is 3.41. The molecule has 0 bridgehead atoms. The zero-order chi connectivity index (χ0) is 8.81. The minimum Gasteiger partial charge on any atom is -0.146 e. The van der Waals surface area contributed by atoms with Crippen LogP contribution in [-0.2, 0) is 6.42 Å². The van der Waals surface area contributed by atoms with Crippen molar-refractivity contribution in [3.05, 3.63) is 11.1 Å². The molecule has 0 aliphatic rings. The Labute approximate surface area is 85.7 Å². The molecule has 0 radical (unpaired) electrons. The monoisotopic (exact) mass is 248 g/mol. The Hall–Kier alpha value is 0.0400. The van der Waals surface area contributed by atoms with Gasteiger partial charge in [0.05, 0.1) is 6.20 Å². The molecule has 1 aromatic heterocycles. The van der Waals surface area contributed by atoms with Gasteiger partial charge in [-0.2, -0.15) is 0 Å². The van der Waals surface area contributed by atoms with Gasteiger partial charge in [-0.15, -0.1) is 5.10 Å². The largest absolute Gasteiger partial charge is 0.146 e. The highest BCUT2D eigenvalue weighted by Gasteiger charge is 2.08. The second-order valence-corrected chi connectivity index (χ2v) is 4.41. The lowest BCUT2D eigenvalue weighted by Crippen LogP contribution is -2.04. The first-order valence-electron chi connectivity index (χ1n) is 4.19. The summed E-state index contributed by atoms with van der Waals surface area (Å²) in [5.74, 6) is 0.747. The summed E-state index contributed by atoms with van der Waals surface area (Å²) in [5, 5.41) is 4.90. The Morgan fingerprint density at radius 2 is 2.50 bits per heavy atom. The van der Waals surface area contributed by atoms with Crippen molar-refractivity contribution in [2.45, 2.75) is 26.2 Å². The number of rotatable bonds is 5. The predicted molar refractivity (Wildman–Crippen MR) is 55.8 cm³/mol. The second-order valence-electron chi connectivity index (χ2n) is 2.90. The molecule has 1 aromatic rings. The van der Waals surface area contributed by atoms with Crippen LogP contribution in [0.15, 0.2) is 6.20 Å². The normalized spacial score (nSPS) is 13.2. The maximum atomic E-state index is 3.85. The van der Waals surface area contributed by atoms with E-state index < -0.39 is 0 Å². The highest BCUT2D eigenvalue weighted by molar-refractivity contribution is 9.09. The van der Waals surface area contributed by atoms with Crippen LogP contribution in [-0.4, -0.2) is 14.9 Å². The van der Waals surface area contributed by atoms with E-state index in [1.807, 2.05) is 6.20 Å². The maximum Gasteiger partial charge on any atom is 0.0653 e. The third kappa shape index (κ3) is 3.19.